The summed E-state index contributed by atoms with van der Waals surface area (Å²) in [6.07, 6.45) is -2.85. The number of carbonyl (C=O) groups is 2. The van der Waals surface area contributed by atoms with Gasteiger partial charge in [0.2, 0.25) is 17.8 Å². The molecule has 8 nitrogen and oxygen atoms in total. The number of aromatic nitrogens is 3. The molecule has 4 rings (SSSR count). The van der Waals surface area contributed by atoms with Crippen molar-refractivity contribution < 1.29 is 40.7 Å². The van der Waals surface area contributed by atoms with Crippen molar-refractivity contribution in [1.82, 2.24) is 25.2 Å². The minimum absolute atomic E-state index is 0.0547. The van der Waals surface area contributed by atoms with Crippen molar-refractivity contribution in [2.24, 2.45) is 11.8 Å². The minimum Gasteiger partial charge on any atom is -0.444 e. The summed E-state index contributed by atoms with van der Waals surface area (Å²) in [6, 6.07) is -1.26. The number of imidazole rings is 1. The Labute approximate surface area is 227 Å². The zero-order chi connectivity index (χ0) is 29.5. The van der Waals surface area contributed by atoms with Crippen LogP contribution < -0.4 is 10.6 Å². The Kier molecular flexibility index (Phi) is 8.28. The second kappa shape index (κ2) is 11.1. The van der Waals surface area contributed by atoms with Crippen molar-refractivity contribution in [2.75, 3.05) is 0 Å². The van der Waals surface area contributed by atoms with Gasteiger partial charge in [-0.25, -0.2) is 40.6 Å². The molecule has 2 aliphatic carbocycles. The van der Waals surface area contributed by atoms with Crippen LogP contribution in [0.15, 0.2) is 18.5 Å². The van der Waals surface area contributed by atoms with Crippen molar-refractivity contribution in [3.8, 4) is 0 Å². The first-order valence-electron chi connectivity index (χ1n) is 13.2. The standard InChI is InChI=1S/C26H33F6N5O3/c1-24(2,3)40-23(39)36-20(15-4-6-25(29,30)7-5-15)17-13-37-18(34-17)9-16(12-33-37)21(22(27)28)35-19(38)8-14-10-26(31,32)11-14/h9,12-15,20-22H,4-8,10-11H2,1-3H3,(H,35,38)(H,36,39)/t20-,21?/m0/s1. The number of hydrogen-bond acceptors (Lipinski definition) is 5. The lowest BCUT2D eigenvalue weighted by molar-refractivity contribution is -0.135. The summed E-state index contributed by atoms with van der Waals surface area (Å²) in [5, 5.41) is 9.04. The molecular formula is C26H33F6N5O3. The molecule has 40 heavy (non-hydrogen) atoms. The molecule has 1 unspecified atom stereocenters. The first-order valence-corrected chi connectivity index (χ1v) is 13.2. The maximum atomic E-state index is 13.9. The summed E-state index contributed by atoms with van der Waals surface area (Å²) >= 11 is 0. The van der Waals surface area contributed by atoms with Crippen LogP contribution in [-0.2, 0) is 9.53 Å². The van der Waals surface area contributed by atoms with Gasteiger partial charge in [0.25, 0.3) is 6.43 Å². The van der Waals surface area contributed by atoms with Gasteiger partial charge in [-0.15, -0.1) is 0 Å². The van der Waals surface area contributed by atoms with Gasteiger partial charge in [-0.1, -0.05) is 0 Å². The number of hydrogen-bond donors (Lipinski definition) is 2. The Hall–Kier alpha value is -3.06. The van der Waals surface area contributed by atoms with Gasteiger partial charge in [-0.05, 0) is 51.5 Å². The average Bonchev–Trinajstić information content (AvgIpc) is 3.22. The number of rotatable bonds is 8. The molecule has 2 aromatic heterocycles. The van der Waals surface area contributed by atoms with Crippen LogP contribution in [0.1, 0.15) is 89.1 Å². The molecule has 14 heteroatoms. The van der Waals surface area contributed by atoms with Crippen LogP contribution in [0.2, 0.25) is 0 Å². The molecular weight excluding hydrogens is 544 g/mol. The van der Waals surface area contributed by atoms with E-state index in [4.69, 9.17) is 4.74 Å². The predicted octanol–water partition coefficient (Wildman–Crippen LogP) is 5.98. The summed E-state index contributed by atoms with van der Waals surface area (Å²) in [6.45, 7) is 5.04. The lowest BCUT2D eigenvalue weighted by Gasteiger charge is -2.34. The van der Waals surface area contributed by atoms with Crippen LogP contribution in [0.25, 0.3) is 5.65 Å². The van der Waals surface area contributed by atoms with Crippen molar-refractivity contribution >= 4 is 17.6 Å². The second-order valence-electron chi connectivity index (χ2n) is 11.8. The SMILES string of the molecule is CC(C)(C)OC(=O)N[C@H](c1cn2ncc(C(NC(=O)CC3CC(F)(F)C3)C(F)F)cc2n1)C1CCC(F)(F)CC1. The third kappa shape index (κ3) is 7.57. The van der Waals surface area contributed by atoms with Gasteiger partial charge in [0.15, 0.2) is 5.65 Å². The summed E-state index contributed by atoms with van der Waals surface area (Å²) in [5.41, 5.74) is -0.448. The van der Waals surface area contributed by atoms with E-state index in [0.29, 0.717) is 0 Å². The highest BCUT2D eigenvalue weighted by atomic mass is 19.3. The van der Waals surface area contributed by atoms with E-state index in [1.165, 1.54) is 16.8 Å². The van der Waals surface area contributed by atoms with Crippen LogP contribution in [0.5, 0.6) is 0 Å². The predicted molar refractivity (Wildman–Crippen MR) is 131 cm³/mol. The van der Waals surface area contributed by atoms with E-state index in [1.807, 2.05) is 0 Å². The molecule has 2 aromatic rings. The lowest BCUT2D eigenvalue weighted by Crippen LogP contribution is -2.40. The minimum atomic E-state index is -3.02. The summed E-state index contributed by atoms with van der Waals surface area (Å²) in [7, 11) is 0. The molecule has 2 atom stereocenters. The fraction of sp³-hybridized carbons (Fsp3) is 0.692. The molecule has 0 spiro atoms. The number of nitrogens with one attached hydrogen (secondary N) is 2. The number of alkyl carbamates (subject to hydrolysis) is 1. The highest BCUT2D eigenvalue weighted by Gasteiger charge is 2.46. The molecule has 0 bridgehead atoms. The quantitative estimate of drug-likeness (QED) is 0.377. The number of alkyl halides is 6. The Morgan fingerprint density at radius 1 is 1.10 bits per heavy atom. The van der Waals surface area contributed by atoms with E-state index < -0.39 is 66.7 Å². The Morgan fingerprint density at radius 2 is 1.75 bits per heavy atom. The van der Waals surface area contributed by atoms with Crippen LogP contribution in [0.3, 0.4) is 0 Å². The largest absolute Gasteiger partial charge is 0.444 e. The highest BCUT2D eigenvalue weighted by molar-refractivity contribution is 5.77. The normalized spacial score (nSPS) is 21.1. The third-order valence-corrected chi connectivity index (χ3v) is 7.16. The zero-order valence-electron chi connectivity index (χ0n) is 22.4. The summed E-state index contributed by atoms with van der Waals surface area (Å²) < 4.78 is 88.2. The topological polar surface area (TPSA) is 97.6 Å². The molecule has 2 N–H and O–H groups in total. The van der Waals surface area contributed by atoms with Crippen LogP contribution in [0, 0.1) is 11.8 Å². The molecule has 2 aliphatic rings. The van der Waals surface area contributed by atoms with Crippen LogP contribution in [0.4, 0.5) is 31.1 Å². The molecule has 222 valence electrons. The van der Waals surface area contributed by atoms with E-state index in [9.17, 15) is 35.9 Å². The maximum absolute atomic E-state index is 13.9. The van der Waals surface area contributed by atoms with Gasteiger partial charge in [-0.2, -0.15) is 5.10 Å². The van der Waals surface area contributed by atoms with E-state index >= 15 is 0 Å². The van der Waals surface area contributed by atoms with Gasteiger partial charge >= 0.3 is 6.09 Å². The van der Waals surface area contributed by atoms with Crippen LogP contribution >= 0.6 is 0 Å². The van der Waals surface area contributed by atoms with Gasteiger partial charge < -0.3 is 15.4 Å². The number of fused-ring (bicyclic) bond motifs is 1. The summed E-state index contributed by atoms with van der Waals surface area (Å²) in [5.74, 6) is -7.35. The van der Waals surface area contributed by atoms with Crippen LogP contribution in [-0.4, -0.2) is 50.5 Å². The fourth-order valence-corrected chi connectivity index (χ4v) is 5.21. The first-order chi connectivity index (χ1) is 18.5. The van der Waals surface area contributed by atoms with Crippen molar-refractivity contribution in [2.45, 2.75) is 102 Å². The molecule has 0 saturated heterocycles. The molecule has 0 radical (unpaired) electrons. The molecule has 0 aliphatic heterocycles. The number of halogens is 6. The smallest absolute Gasteiger partial charge is 0.408 e. The van der Waals surface area contributed by atoms with Gasteiger partial charge in [0.05, 0.1) is 24.1 Å². The molecule has 2 fully saturated rings. The third-order valence-electron chi connectivity index (χ3n) is 7.16. The van der Waals surface area contributed by atoms with Gasteiger partial charge in [-0.3, -0.25) is 4.79 Å². The van der Waals surface area contributed by atoms with Crippen molar-refractivity contribution in [3.63, 3.8) is 0 Å². The fourth-order valence-electron chi connectivity index (χ4n) is 5.21. The second-order valence-corrected chi connectivity index (χ2v) is 11.8. The van der Waals surface area contributed by atoms with Crippen molar-refractivity contribution in [3.05, 3.63) is 29.7 Å². The monoisotopic (exact) mass is 577 g/mol. The van der Waals surface area contributed by atoms with Gasteiger partial charge in [0, 0.05) is 37.7 Å². The van der Waals surface area contributed by atoms with E-state index in [0.717, 1.165) is 6.20 Å². The molecule has 0 aromatic carbocycles. The number of carbonyl (C=O) groups excluding carboxylic acids is 2. The Balaban J connectivity index is 1.54. The molecule has 2 amide bonds. The lowest BCUT2D eigenvalue weighted by atomic mass is 9.79. The maximum Gasteiger partial charge on any atom is 0.408 e. The molecule has 2 heterocycles. The Bertz CT molecular complexity index is 1210. The molecule has 2 saturated carbocycles. The number of nitrogens with zero attached hydrogens (tertiary/aromatic N) is 3. The van der Waals surface area contributed by atoms with E-state index in [1.54, 1.807) is 20.8 Å². The Morgan fingerprint density at radius 3 is 2.33 bits per heavy atom. The number of amides is 2. The highest BCUT2D eigenvalue weighted by Crippen LogP contribution is 2.44. The average molecular weight is 578 g/mol. The van der Waals surface area contributed by atoms with E-state index in [2.05, 4.69) is 20.7 Å². The van der Waals surface area contributed by atoms with Gasteiger partial charge in [0.1, 0.15) is 11.6 Å². The van der Waals surface area contributed by atoms with Crippen molar-refractivity contribution in [1.29, 1.82) is 0 Å². The number of ether oxygens (including phenoxy) is 1. The first kappa shape index (κ1) is 29.9. The summed E-state index contributed by atoms with van der Waals surface area (Å²) in [4.78, 5) is 29.3. The van der Waals surface area contributed by atoms with E-state index in [-0.39, 0.29) is 54.9 Å². The zero-order valence-corrected chi connectivity index (χ0v) is 22.4.